The molecule has 0 unspecified atom stereocenters. The minimum atomic E-state index is 0.411. The number of anilines is 1. The van der Waals surface area contributed by atoms with Gasteiger partial charge in [-0.2, -0.15) is 5.10 Å². The monoisotopic (exact) mass is 352 g/mol. The summed E-state index contributed by atoms with van der Waals surface area (Å²) in [5, 5.41) is 5.45. The number of ether oxygens (including phenoxy) is 1. The molecule has 6 heteroatoms. The minimum Gasteiger partial charge on any atom is -0.488 e. The van der Waals surface area contributed by atoms with E-state index in [1.807, 2.05) is 30.3 Å². The van der Waals surface area contributed by atoms with E-state index in [0.717, 1.165) is 16.9 Å². The number of hydrogen-bond acceptors (Lipinski definition) is 3. The molecule has 0 saturated carbocycles. The highest BCUT2D eigenvalue weighted by atomic mass is 35.5. The second-order valence-electron chi connectivity index (χ2n) is 4.66. The van der Waals surface area contributed by atoms with Crippen molar-refractivity contribution >= 4 is 52.8 Å². The van der Waals surface area contributed by atoms with E-state index in [-0.39, 0.29) is 0 Å². The Kier molecular flexibility index (Phi) is 4.57. The summed E-state index contributed by atoms with van der Waals surface area (Å²) in [6.45, 7) is 0.463. The molecule has 0 aliphatic carbocycles. The van der Waals surface area contributed by atoms with Crippen molar-refractivity contribution in [2.75, 3.05) is 12.0 Å². The molecular weight excluding hydrogens is 343 g/mol. The zero-order chi connectivity index (χ0) is 15.5. The number of rotatable bonds is 3. The van der Waals surface area contributed by atoms with Crippen molar-refractivity contribution in [3.8, 4) is 5.75 Å². The highest BCUT2D eigenvalue weighted by Crippen LogP contribution is 2.33. The van der Waals surface area contributed by atoms with Gasteiger partial charge in [0.05, 0.1) is 21.9 Å². The maximum atomic E-state index is 6.08. The molecule has 112 valence electrons. The highest BCUT2D eigenvalue weighted by molar-refractivity contribution is 6.41. The van der Waals surface area contributed by atoms with E-state index >= 15 is 0 Å². The molecule has 2 aromatic rings. The SMILES string of the molecule is Clc1cc(Cl)c(NN=CC2=Cc3ccccc3OC2)c(Cl)c1. The lowest BCUT2D eigenvalue weighted by molar-refractivity contribution is 0.353. The second kappa shape index (κ2) is 6.61. The van der Waals surface area contributed by atoms with Gasteiger partial charge in [-0.05, 0) is 24.3 Å². The molecule has 0 aromatic heterocycles. The van der Waals surface area contributed by atoms with E-state index in [1.165, 1.54) is 0 Å². The number of hydrazone groups is 1. The zero-order valence-electron chi connectivity index (χ0n) is 11.3. The Bertz CT molecular complexity index is 749. The summed E-state index contributed by atoms with van der Waals surface area (Å²) in [4.78, 5) is 0. The third-order valence-electron chi connectivity index (χ3n) is 3.07. The molecule has 1 heterocycles. The van der Waals surface area contributed by atoms with Gasteiger partial charge in [0.25, 0.3) is 0 Å². The molecular formula is C16H11Cl3N2O. The normalized spacial score (nSPS) is 13.5. The largest absolute Gasteiger partial charge is 0.488 e. The number of hydrogen-bond donors (Lipinski definition) is 1. The molecule has 3 nitrogen and oxygen atoms in total. The van der Waals surface area contributed by atoms with Crippen LogP contribution in [0.4, 0.5) is 5.69 Å². The number of halogens is 3. The smallest absolute Gasteiger partial charge is 0.127 e. The van der Waals surface area contributed by atoms with Crippen LogP contribution < -0.4 is 10.2 Å². The average molecular weight is 354 g/mol. The van der Waals surface area contributed by atoms with Crippen LogP contribution in [0.15, 0.2) is 47.1 Å². The fourth-order valence-electron chi connectivity index (χ4n) is 2.04. The first-order valence-electron chi connectivity index (χ1n) is 6.49. The van der Waals surface area contributed by atoms with E-state index in [0.29, 0.717) is 27.4 Å². The summed E-state index contributed by atoms with van der Waals surface area (Å²) in [6.07, 6.45) is 3.70. The predicted molar refractivity (Wildman–Crippen MR) is 93.5 cm³/mol. The Morgan fingerprint density at radius 1 is 1.09 bits per heavy atom. The lowest BCUT2D eigenvalue weighted by Gasteiger charge is -2.15. The van der Waals surface area contributed by atoms with E-state index in [2.05, 4.69) is 10.5 Å². The second-order valence-corrected chi connectivity index (χ2v) is 5.91. The third kappa shape index (κ3) is 3.38. The molecule has 0 radical (unpaired) electrons. The molecule has 0 atom stereocenters. The first-order valence-corrected chi connectivity index (χ1v) is 7.63. The molecule has 0 saturated heterocycles. The van der Waals surface area contributed by atoms with Crippen LogP contribution in [-0.2, 0) is 0 Å². The number of fused-ring (bicyclic) bond motifs is 1. The van der Waals surface area contributed by atoms with Crippen LogP contribution in [0, 0.1) is 0 Å². The standard InChI is InChI=1S/C16H11Cl3N2O/c17-12-6-13(18)16(14(19)7-12)21-20-8-10-5-11-3-1-2-4-15(11)22-9-10/h1-8,21H,9H2. The maximum absolute atomic E-state index is 6.08. The van der Waals surface area contributed by atoms with E-state index in [4.69, 9.17) is 39.5 Å². The topological polar surface area (TPSA) is 33.6 Å². The van der Waals surface area contributed by atoms with Crippen molar-refractivity contribution in [3.63, 3.8) is 0 Å². The molecule has 2 aromatic carbocycles. The molecule has 0 fully saturated rings. The molecule has 1 aliphatic heterocycles. The molecule has 1 N–H and O–H groups in total. The van der Waals surface area contributed by atoms with Gasteiger partial charge in [-0.15, -0.1) is 0 Å². The Morgan fingerprint density at radius 2 is 1.82 bits per heavy atom. The highest BCUT2D eigenvalue weighted by Gasteiger charge is 2.09. The van der Waals surface area contributed by atoms with Crippen LogP contribution in [0.25, 0.3) is 6.08 Å². The minimum absolute atomic E-state index is 0.411. The van der Waals surface area contributed by atoms with Crippen LogP contribution in [-0.4, -0.2) is 12.8 Å². The average Bonchev–Trinajstić information content (AvgIpc) is 2.49. The van der Waals surface area contributed by atoms with Gasteiger partial charge in [-0.3, -0.25) is 5.43 Å². The first-order chi connectivity index (χ1) is 10.6. The van der Waals surface area contributed by atoms with Crippen molar-refractivity contribution < 1.29 is 4.74 Å². The van der Waals surface area contributed by atoms with Gasteiger partial charge in [0, 0.05) is 16.2 Å². The van der Waals surface area contributed by atoms with Gasteiger partial charge in [-0.25, -0.2) is 0 Å². The first kappa shape index (κ1) is 15.2. The van der Waals surface area contributed by atoms with Crippen LogP contribution >= 0.6 is 34.8 Å². The van der Waals surface area contributed by atoms with Crippen molar-refractivity contribution in [3.05, 3.63) is 62.6 Å². The Hall–Kier alpha value is -1.68. The van der Waals surface area contributed by atoms with Crippen LogP contribution in [0.2, 0.25) is 15.1 Å². The van der Waals surface area contributed by atoms with Crippen LogP contribution in [0.3, 0.4) is 0 Å². The predicted octanol–water partition coefficient (Wildman–Crippen LogP) is 5.52. The number of nitrogens with one attached hydrogen (secondary N) is 1. The Balaban J connectivity index is 1.75. The summed E-state index contributed by atoms with van der Waals surface area (Å²) >= 11 is 18.0. The van der Waals surface area contributed by atoms with Gasteiger partial charge in [0.2, 0.25) is 0 Å². The van der Waals surface area contributed by atoms with Gasteiger partial charge >= 0.3 is 0 Å². The van der Waals surface area contributed by atoms with Gasteiger partial charge in [0.1, 0.15) is 12.4 Å². The summed E-state index contributed by atoms with van der Waals surface area (Å²) in [5.74, 6) is 0.872. The maximum Gasteiger partial charge on any atom is 0.127 e. The molecule has 22 heavy (non-hydrogen) atoms. The Morgan fingerprint density at radius 3 is 2.59 bits per heavy atom. The van der Waals surface area contributed by atoms with E-state index in [1.54, 1.807) is 18.3 Å². The van der Waals surface area contributed by atoms with Crippen LogP contribution in [0.1, 0.15) is 5.56 Å². The van der Waals surface area contributed by atoms with Gasteiger partial charge in [0.15, 0.2) is 0 Å². The number of nitrogens with zero attached hydrogens (tertiary/aromatic N) is 1. The quantitative estimate of drug-likeness (QED) is 0.582. The van der Waals surface area contributed by atoms with E-state index in [9.17, 15) is 0 Å². The lowest BCUT2D eigenvalue weighted by atomic mass is 10.1. The van der Waals surface area contributed by atoms with Gasteiger partial charge < -0.3 is 4.74 Å². The van der Waals surface area contributed by atoms with Crippen molar-refractivity contribution in [1.29, 1.82) is 0 Å². The summed E-state index contributed by atoms with van der Waals surface area (Å²) in [5.41, 5.74) is 5.31. The fourth-order valence-corrected chi connectivity index (χ4v) is 2.94. The molecule has 1 aliphatic rings. The van der Waals surface area contributed by atoms with Crippen LogP contribution in [0.5, 0.6) is 5.75 Å². The van der Waals surface area contributed by atoms with Crippen molar-refractivity contribution in [2.45, 2.75) is 0 Å². The summed E-state index contributed by atoms with van der Waals surface area (Å²) in [7, 11) is 0. The fraction of sp³-hybridized carbons (Fsp3) is 0.0625. The number of para-hydroxylation sites is 1. The molecule has 0 spiro atoms. The summed E-state index contributed by atoms with van der Waals surface area (Å²) in [6, 6.07) is 11.0. The molecule has 3 rings (SSSR count). The van der Waals surface area contributed by atoms with E-state index < -0.39 is 0 Å². The number of benzene rings is 2. The Labute approximate surface area is 143 Å². The molecule has 0 amide bonds. The summed E-state index contributed by atoms with van der Waals surface area (Å²) < 4.78 is 5.65. The van der Waals surface area contributed by atoms with Crippen molar-refractivity contribution in [2.24, 2.45) is 5.10 Å². The third-order valence-corrected chi connectivity index (χ3v) is 3.88. The molecule has 0 bridgehead atoms. The zero-order valence-corrected chi connectivity index (χ0v) is 13.6. The van der Waals surface area contributed by atoms with Gasteiger partial charge in [-0.1, -0.05) is 53.0 Å². The van der Waals surface area contributed by atoms with Crippen molar-refractivity contribution in [1.82, 2.24) is 0 Å². The lowest BCUT2D eigenvalue weighted by Crippen LogP contribution is -2.08.